The topological polar surface area (TPSA) is 70.1 Å². The molecular weight excluding hydrogens is 424 g/mol. The number of carbonyl (C=O) groups excluding carboxylic acids is 2. The van der Waals surface area contributed by atoms with Gasteiger partial charge in [-0.05, 0) is 43.1 Å². The minimum absolute atomic E-state index is 0.141. The van der Waals surface area contributed by atoms with Gasteiger partial charge < -0.3 is 19.6 Å². The minimum Gasteiger partial charge on any atom is -0.507 e. The largest absolute Gasteiger partial charge is 0.507 e. The fourth-order valence-corrected chi connectivity index (χ4v) is 4.71. The van der Waals surface area contributed by atoms with E-state index in [1.807, 2.05) is 23.6 Å². The molecule has 7 heteroatoms. The lowest BCUT2D eigenvalue weighted by Gasteiger charge is -2.27. The zero-order valence-corrected chi connectivity index (χ0v) is 19.9. The molecule has 1 aromatic carbocycles. The maximum Gasteiger partial charge on any atom is 0.295 e. The number of benzene rings is 1. The molecule has 0 radical (unpaired) electrons. The summed E-state index contributed by atoms with van der Waals surface area (Å²) in [6.45, 7) is 9.66. The van der Waals surface area contributed by atoms with Gasteiger partial charge in [-0.3, -0.25) is 9.59 Å². The van der Waals surface area contributed by atoms with Gasteiger partial charge in [0.15, 0.2) is 0 Å². The molecule has 3 rings (SSSR count). The van der Waals surface area contributed by atoms with Crippen LogP contribution in [0.4, 0.5) is 0 Å². The number of unbranched alkanes of at least 4 members (excludes halogenated alkanes) is 1. The standard InChI is InChI=1S/C25H32N2O4S/c1-4-7-15-31-19-11-8-10-18(17-19)23(28)21-22(20-12-9-16-32-20)27(25(30)24(21)29)14-13-26(5-2)6-3/h8-12,16-17,22,28H,4-7,13-15H2,1-3H3. The van der Waals surface area contributed by atoms with E-state index < -0.39 is 17.7 Å². The van der Waals surface area contributed by atoms with E-state index in [2.05, 4.69) is 25.7 Å². The summed E-state index contributed by atoms with van der Waals surface area (Å²) in [6, 6.07) is 10.3. The molecule has 1 atom stereocenters. The zero-order valence-electron chi connectivity index (χ0n) is 19.0. The van der Waals surface area contributed by atoms with Gasteiger partial charge >= 0.3 is 0 Å². The number of ether oxygens (including phenoxy) is 1. The SMILES string of the molecule is CCCCOc1cccc(C(O)=C2C(=O)C(=O)N(CCN(CC)CC)C2c2cccs2)c1. The van der Waals surface area contributed by atoms with Crippen LogP contribution < -0.4 is 4.74 Å². The Labute approximate surface area is 194 Å². The van der Waals surface area contributed by atoms with Gasteiger partial charge in [0.05, 0.1) is 18.2 Å². The third kappa shape index (κ3) is 5.22. The van der Waals surface area contributed by atoms with Crippen molar-refractivity contribution in [3.05, 3.63) is 57.8 Å². The Kier molecular flexibility index (Phi) is 8.47. The van der Waals surface area contributed by atoms with Crippen LogP contribution in [-0.2, 0) is 9.59 Å². The van der Waals surface area contributed by atoms with E-state index in [1.165, 1.54) is 11.3 Å². The van der Waals surface area contributed by atoms with Crippen molar-refractivity contribution in [3.63, 3.8) is 0 Å². The summed E-state index contributed by atoms with van der Waals surface area (Å²) in [5.41, 5.74) is 0.616. The van der Waals surface area contributed by atoms with Crippen LogP contribution in [0.25, 0.3) is 5.76 Å². The fourth-order valence-electron chi connectivity index (χ4n) is 3.87. The Morgan fingerprint density at radius 3 is 2.59 bits per heavy atom. The summed E-state index contributed by atoms with van der Waals surface area (Å²) >= 11 is 1.48. The Balaban J connectivity index is 1.97. The van der Waals surface area contributed by atoms with Gasteiger partial charge in [-0.2, -0.15) is 0 Å². The number of thiophene rings is 1. The molecule has 6 nitrogen and oxygen atoms in total. The third-order valence-electron chi connectivity index (χ3n) is 5.78. The maximum atomic E-state index is 13.1. The third-order valence-corrected chi connectivity index (χ3v) is 6.70. The first-order valence-corrected chi connectivity index (χ1v) is 12.2. The van der Waals surface area contributed by atoms with Crippen LogP contribution in [0.1, 0.15) is 50.1 Å². The monoisotopic (exact) mass is 456 g/mol. The highest BCUT2D eigenvalue weighted by Crippen LogP contribution is 2.41. The first kappa shape index (κ1) is 24.0. The number of amides is 1. The highest BCUT2D eigenvalue weighted by molar-refractivity contribution is 7.10. The number of likely N-dealkylation sites (N-methyl/N-ethyl adjacent to an activating group) is 1. The van der Waals surface area contributed by atoms with Crippen LogP contribution in [0.5, 0.6) is 5.75 Å². The van der Waals surface area contributed by atoms with Crippen LogP contribution in [-0.4, -0.2) is 59.4 Å². The Hall–Kier alpha value is -2.64. The first-order valence-electron chi connectivity index (χ1n) is 11.3. The predicted octanol–water partition coefficient (Wildman–Crippen LogP) is 4.69. The summed E-state index contributed by atoms with van der Waals surface area (Å²) in [5, 5.41) is 13.1. The molecule has 1 amide bonds. The average molecular weight is 457 g/mol. The number of likely N-dealkylation sites (tertiary alicyclic amines) is 1. The molecule has 0 spiro atoms. The summed E-state index contributed by atoms with van der Waals surface area (Å²) in [5.74, 6) is -0.732. The number of aliphatic hydroxyl groups excluding tert-OH is 1. The van der Waals surface area contributed by atoms with Crippen molar-refractivity contribution >= 4 is 28.8 Å². The minimum atomic E-state index is -0.641. The number of Topliss-reactive ketones (excluding diaryl/α,β-unsaturated/α-hetero) is 1. The summed E-state index contributed by atoms with van der Waals surface area (Å²) in [7, 11) is 0. The van der Waals surface area contributed by atoms with E-state index in [0.717, 1.165) is 30.8 Å². The van der Waals surface area contributed by atoms with E-state index in [0.29, 0.717) is 31.0 Å². The van der Waals surface area contributed by atoms with E-state index in [1.54, 1.807) is 23.1 Å². The fraction of sp³-hybridized carbons (Fsp3) is 0.440. The molecule has 1 fully saturated rings. The van der Waals surface area contributed by atoms with Crippen molar-refractivity contribution in [2.45, 2.75) is 39.7 Å². The van der Waals surface area contributed by atoms with E-state index >= 15 is 0 Å². The maximum absolute atomic E-state index is 13.1. The van der Waals surface area contributed by atoms with Crippen molar-refractivity contribution in [1.82, 2.24) is 9.80 Å². The van der Waals surface area contributed by atoms with Crippen LogP contribution in [0.15, 0.2) is 47.4 Å². The Morgan fingerprint density at radius 1 is 1.16 bits per heavy atom. The second kappa shape index (κ2) is 11.3. The van der Waals surface area contributed by atoms with Gasteiger partial charge in [0.25, 0.3) is 11.7 Å². The van der Waals surface area contributed by atoms with Crippen LogP contribution in [0.3, 0.4) is 0 Å². The van der Waals surface area contributed by atoms with Crippen LogP contribution in [0, 0.1) is 0 Å². The van der Waals surface area contributed by atoms with Crippen LogP contribution >= 0.6 is 11.3 Å². The number of rotatable bonds is 11. The van der Waals surface area contributed by atoms with Crippen molar-refractivity contribution < 1.29 is 19.4 Å². The van der Waals surface area contributed by atoms with Gasteiger partial charge in [-0.25, -0.2) is 0 Å². The molecule has 32 heavy (non-hydrogen) atoms. The highest BCUT2D eigenvalue weighted by atomic mass is 32.1. The molecule has 2 heterocycles. The molecule has 1 aliphatic heterocycles. The average Bonchev–Trinajstić information content (AvgIpc) is 3.42. The van der Waals surface area contributed by atoms with Gasteiger partial charge in [-0.15, -0.1) is 11.3 Å². The summed E-state index contributed by atoms with van der Waals surface area (Å²) in [4.78, 5) is 30.7. The lowest BCUT2D eigenvalue weighted by atomic mass is 9.99. The molecule has 1 saturated heterocycles. The molecule has 0 saturated carbocycles. The molecule has 1 unspecified atom stereocenters. The normalized spacial score (nSPS) is 18.0. The Morgan fingerprint density at radius 2 is 1.94 bits per heavy atom. The van der Waals surface area contributed by atoms with Crippen molar-refractivity contribution in [1.29, 1.82) is 0 Å². The molecule has 0 aliphatic carbocycles. The second-order valence-corrected chi connectivity index (χ2v) is 8.74. The van der Waals surface area contributed by atoms with Gasteiger partial charge in [0.1, 0.15) is 11.5 Å². The molecule has 1 aromatic heterocycles. The zero-order chi connectivity index (χ0) is 23.1. The van der Waals surface area contributed by atoms with E-state index in [-0.39, 0.29) is 11.3 Å². The van der Waals surface area contributed by atoms with E-state index in [9.17, 15) is 14.7 Å². The summed E-state index contributed by atoms with van der Waals surface area (Å²) < 4.78 is 5.76. The van der Waals surface area contributed by atoms with Gasteiger partial charge in [-0.1, -0.05) is 45.4 Å². The van der Waals surface area contributed by atoms with Gasteiger partial charge in [0.2, 0.25) is 0 Å². The quantitative estimate of drug-likeness (QED) is 0.230. The van der Waals surface area contributed by atoms with Crippen molar-refractivity contribution in [2.24, 2.45) is 0 Å². The molecule has 1 N–H and O–H groups in total. The molecule has 172 valence electrons. The Bertz CT molecular complexity index is 951. The lowest BCUT2D eigenvalue weighted by Crippen LogP contribution is -2.37. The number of aliphatic hydroxyl groups is 1. The van der Waals surface area contributed by atoms with Gasteiger partial charge in [0, 0.05) is 23.5 Å². The second-order valence-electron chi connectivity index (χ2n) is 7.76. The van der Waals surface area contributed by atoms with Crippen LogP contribution in [0.2, 0.25) is 0 Å². The van der Waals surface area contributed by atoms with Crippen molar-refractivity contribution in [3.8, 4) is 5.75 Å². The number of ketones is 1. The number of hydrogen-bond donors (Lipinski definition) is 1. The number of carbonyl (C=O) groups is 2. The van der Waals surface area contributed by atoms with Crippen molar-refractivity contribution in [2.75, 3.05) is 32.8 Å². The number of nitrogens with zero attached hydrogens (tertiary/aromatic N) is 2. The highest BCUT2D eigenvalue weighted by Gasteiger charge is 2.46. The molecule has 2 aromatic rings. The molecule has 0 bridgehead atoms. The van der Waals surface area contributed by atoms with E-state index in [4.69, 9.17) is 4.74 Å². The predicted molar refractivity (Wildman–Crippen MR) is 128 cm³/mol. The lowest BCUT2D eigenvalue weighted by molar-refractivity contribution is -0.140. The molecular formula is C25H32N2O4S. The summed E-state index contributed by atoms with van der Waals surface area (Å²) in [6.07, 6.45) is 1.96. The molecule has 1 aliphatic rings. The number of hydrogen-bond acceptors (Lipinski definition) is 6. The smallest absolute Gasteiger partial charge is 0.295 e. The first-order chi connectivity index (χ1) is 15.5.